The molecule has 1 aliphatic rings. The highest BCUT2D eigenvalue weighted by Crippen LogP contribution is 2.16. The van der Waals surface area contributed by atoms with Crippen LogP contribution in [-0.2, 0) is 13.0 Å². The lowest BCUT2D eigenvalue weighted by molar-refractivity contribution is 0.0926. The van der Waals surface area contributed by atoms with E-state index < -0.39 is 0 Å². The Morgan fingerprint density at radius 2 is 2.37 bits per heavy atom. The molecule has 100 valence electrons. The second-order valence-corrected chi connectivity index (χ2v) is 5.03. The first-order chi connectivity index (χ1) is 9.13. The van der Waals surface area contributed by atoms with Crippen molar-refractivity contribution in [3.8, 4) is 0 Å². The number of hydrogen-bond acceptors (Lipinski definition) is 3. The Hall–Kier alpha value is -2.04. The zero-order chi connectivity index (χ0) is 13.4. The van der Waals surface area contributed by atoms with Gasteiger partial charge in [0, 0.05) is 31.4 Å². The fourth-order valence-corrected chi connectivity index (χ4v) is 2.60. The zero-order valence-corrected chi connectivity index (χ0v) is 11.1. The molecular formula is C14H17N3O2. The lowest BCUT2D eigenvalue weighted by atomic mass is 10.1. The molecule has 0 fully saturated rings. The number of carbonyl (C=O) groups is 1. The van der Waals surface area contributed by atoms with Gasteiger partial charge in [0.1, 0.15) is 17.3 Å². The summed E-state index contributed by atoms with van der Waals surface area (Å²) in [7, 11) is 0. The molecule has 3 heterocycles. The predicted octanol–water partition coefficient (Wildman–Crippen LogP) is 1.84. The van der Waals surface area contributed by atoms with Gasteiger partial charge in [-0.1, -0.05) is 0 Å². The van der Waals surface area contributed by atoms with E-state index in [0.717, 1.165) is 31.0 Å². The van der Waals surface area contributed by atoms with Gasteiger partial charge in [0.15, 0.2) is 0 Å². The molecule has 0 unspecified atom stereocenters. The third-order valence-corrected chi connectivity index (χ3v) is 3.56. The van der Waals surface area contributed by atoms with Crippen LogP contribution in [0.3, 0.4) is 0 Å². The van der Waals surface area contributed by atoms with Gasteiger partial charge in [0.2, 0.25) is 0 Å². The number of imidazole rings is 1. The molecule has 2 aromatic heterocycles. The Morgan fingerprint density at radius 3 is 3.11 bits per heavy atom. The summed E-state index contributed by atoms with van der Waals surface area (Å²) in [5.74, 6) is 2.49. The van der Waals surface area contributed by atoms with Crippen LogP contribution in [0, 0.1) is 13.8 Å². The molecule has 3 rings (SSSR count). The monoisotopic (exact) mass is 259 g/mol. The predicted molar refractivity (Wildman–Crippen MR) is 70.0 cm³/mol. The quantitative estimate of drug-likeness (QED) is 0.895. The van der Waals surface area contributed by atoms with Crippen LogP contribution in [0.5, 0.6) is 0 Å². The summed E-state index contributed by atoms with van der Waals surface area (Å²) >= 11 is 0. The maximum atomic E-state index is 12.2. The van der Waals surface area contributed by atoms with Crippen LogP contribution in [0.2, 0.25) is 0 Å². The van der Waals surface area contributed by atoms with Crippen molar-refractivity contribution >= 4 is 5.91 Å². The smallest absolute Gasteiger partial charge is 0.255 e. The van der Waals surface area contributed by atoms with Crippen LogP contribution in [0.15, 0.2) is 22.9 Å². The number of amides is 1. The molecule has 1 amide bonds. The first-order valence-corrected chi connectivity index (χ1v) is 6.51. The number of aromatic nitrogens is 2. The maximum Gasteiger partial charge on any atom is 0.255 e. The number of furan rings is 1. The largest absolute Gasteiger partial charge is 0.466 e. The minimum absolute atomic E-state index is 0.0529. The average Bonchev–Trinajstić information content (AvgIpc) is 2.94. The van der Waals surface area contributed by atoms with Crippen LogP contribution >= 0.6 is 0 Å². The maximum absolute atomic E-state index is 12.2. The highest BCUT2D eigenvalue weighted by molar-refractivity contribution is 5.95. The lowest BCUT2D eigenvalue weighted by Crippen LogP contribution is -2.40. The number of aryl methyl sites for hydroxylation is 3. The molecule has 0 bridgehead atoms. The lowest BCUT2D eigenvalue weighted by Gasteiger charge is -2.24. The van der Waals surface area contributed by atoms with Gasteiger partial charge in [0.05, 0.1) is 5.56 Å². The van der Waals surface area contributed by atoms with Crippen molar-refractivity contribution < 1.29 is 9.21 Å². The standard InChI is InChI=1S/C14H17N3O2/c1-9-7-12(10(2)19-9)14(18)16-11-3-4-13-15-5-6-17(13)8-11/h5-7,11H,3-4,8H2,1-2H3,(H,16,18)/t11-/m0/s1. The van der Waals surface area contributed by atoms with E-state index >= 15 is 0 Å². The summed E-state index contributed by atoms with van der Waals surface area (Å²) in [5, 5.41) is 3.07. The van der Waals surface area contributed by atoms with Crippen molar-refractivity contribution in [2.45, 2.75) is 39.3 Å². The van der Waals surface area contributed by atoms with Crippen molar-refractivity contribution in [1.82, 2.24) is 14.9 Å². The molecule has 0 saturated heterocycles. The van der Waals surface area contributed by atoms with Crippen molar-refractivity contribution in [1.29, 1.82) is 0 Å². The van der Waals surface area contributed by atoms with E-state index in [0.29, 0.717) is 11.3 Å². The molecule has 0 spiro atoms. The molecule has 1 aliphatic heterocycles. The number of nitrogens with zero attached hydrogens (tertiary/aromatic N) is 2. The summed E-state index contributed by atoms with van der Waals surface area (Å²) in [6, 6.07) is 1.94. The summed E-state index contributed by atoms with van der Waals surface area (Å²) in [5.41, 5.74) is 0.633. The second kappa shape index (κ2) is 4.57. The van der Waals surface area contributed by atoms with Gasteiger partial charge in [-0.3, -0.25) is 4.79 Å². The number of rotatable bonds is 2. The Kier molecular flexibility index (Phi) is 2.89. The number of nitrogens with one attached hydrogen (secondary N) is 1. The number of fused-ring (bicyclic) bond motifs is 1. The van der Waals surface area contributed by atoms with E-state index in [2.05, 4.69) is 14.9 Å². The Balaban J connectivity index is 1.70. The minimum Gasteiger partial charge on any atom is -0.466 e. The van der Waals surface area contributed by atoms with E-state index in [-0.39, 0.29) is 11.9 Å². The first kappa shape index (κ1) is 12.0. The van der Waals surface area contributed by atoms with E-state index in [1.54, 1.807) is 6.07 Å². The van der Waals surface area contributed by atoms with E-state index in [1.807, 2.05) is 26.2 Å². The van der Waals surface area contributed by atoms with Crippen molar-refractivity contribution in [3.63, 3.8) is 0 Å². The molecule has 2 aromatic rings. The third-order valence-electron chi connectivity index (χ3n) is 3.56. The molecule has 1 N–H and O–H groups in total. The zero-order valence-electron chi connectivity index (χ0n) is 11.1. The van der Waals surface area contributed by atoms with Crippen LogP contribution < -0.4 is 5.32 Å². The Bertz CT molecular complexity index is 612. The van der Waals surface area contributed by atoms with Gasteiger partial charge in [-0.25, -0.2) is 4.98 Å². The molecule has 0 aromatic carbocycles. The Morgan fingerprint density at radius 1 is 1.53 bits per heavy atom. The van der Waals surface area contributed by atoms with E-state index in [4.69, 9.17) is 4.42 Å². The molecule has 0 aliphatic carbocycles. The first-order valence-electron chi connectivity index (χ1n) is 6.51. The van der Waals surface area contributed by atoms with Gasteiger partial charge < -0.3 is 14.3 Å². The fourth-order valence-electron chi connectivity index (χ4n) is 2.60. The van der Waals surface area contributed by atoms with Crippen molar-refractivity contribution in [2.24, 2.45) is 0 Å². The molecule has 5 nitrogen and oxygen atoms in total. The summed E-state index contributed by atoms with van der Waals surface area (Å²) in [6.07, 6.45) is 5.60. The highest BCUT2D eigenvalue weighted by atomic mass is 16.3. The normalized spacial score (nSPS) is 18.1. The minimum atomic E-state index is -0.0529. The molecule has 1 atom stereocenters. The second-order valence-electron chi connectivity index (χ2n) is 5.03. The van der Waals surface area contributed by atoms with Gasteiger partial charge in [-0.05, 0) is 26.3 Å². The van der Waals surface area contributed by atoms with Gasteiger partial charge in [-0.2, -0.15) is 0 Å². The fraction of sp³-hybridized carbons (Fsp3) is 0.429. The topological polar surface area (TPSA) is 60.1 Å². The van der Waals surface area contributed by atoms with E-state index in [9.17, 15) is 4.79 Å². The average molecular weight is 259 g/mol. The summed E-state index contributed by atoms with van der Waals surface area (Å²) in [6.45, 7) is 4.45. The van der Waals surface area contributed by atoms with Crippen molar-refractivity contribution in [2.75, 3.05) is 0 Å². The van der Waals surface area contributed by atoms with Gasteiger partial charge >= 0.3 is 0 Å². The van der Waals surface area contributed by atoms with Crippen LogP contribution in [0.4, 0.5) is 0 Å². The number of carbonyl (C=O) groups excluding carboxylic acids is 1. The van der Waals surface area contributed by atoms with Crippen LogP contribution in [-0.4, -0.2) is 21.5 Å². The van der Waals surface area contributed by atoms with E-state index in [1.165, 1.54) is 0 Å². The molecule has 0 saturated carbocycles. The third kappa shape index (κ3) is 2.28. The number of hydrogen-bond donors (Lipinski definition) is 1. The van der Waals surface area contributed by atoms with Gasteiger partial charge in [0.25, 0.3) is 5.91 Å². The Labute approximate surface area is 111 Å². The highest BCUT2D eigenvalue weighted by Gasteiger charge is 2.22. The van der Waals surface area contributed by atoms with Crippen molar-refractivity contribution in [3.05, 3.63) is 41.4 Å². The van der Waals surface area contributed by atoms with Gasteiger partial charge in [-0.15, -0.1) is 0 Å². The van der Waals surface area contributed by atoms with Crippen LogP contribution in [0.25, 0.3) is 0 Å². The molecule has 0 radical (unpaired) electrons. The molecular weight excluding hydrogens is 242 g/mol. The molecule has 5 heteroatoms. The molecule has 19 heavy (non-hydrogen) atoms. The summed E-state index contributed by atoms with van der Waals surface area (Å²) in [4.78, 5) is 16.5. The van der Waals surface area contributed by atoms with Crippen LogP contribution in [0.1, 0.15) is 34.1 Å². The summed E-state index contributed by atoms with van der Waals surface area (Å²) < 4.78 is 7.49. The SMILES string of the molecule is Cc1cc(C(=O)N[C@H]2CCc3nccn3C2)c(C)o1.